The fourth-order valence-electron chi connectivity index (χ4n) is 1.36. The fourth-order valence-corrected chi connectivity index (χ4v) is 1.36. The van der Waals surface area contributed by atoms with Crippen LogP contribution < -0.4 is 11.1 Å². The second-order valence-corrected chi connectivity index (χ2v) is 3.25. The third kappa shape index (κ3) is 2.26. The Morgan fingerprint density at radius 3 is 2.88 bits per heavy atom. The zero-order valence-corrected chi connectivity index (χ0v) is 9.33. The van der Waals surface area contributed by atoms with Crippen LogP contribution in [0.15, 0.2) is 12.1 Å². The van der Waals surface area contributed by atoms with Crippen LogP contribution in [0.3, 0.4) is 0 Å². The van der Waals surface area contributed by atoms with E-state index < -0.39 is 5.97 Å². The van der Waals surface area contributed by atoms with Crippen molar-refractivity contribution in [3.05, 3.63) is 23.3 Å². The SMILES string of the molecule is C#CCNc1ccc(C(=O)OC)c(C)c1N. The monoisotopic (exact) mass is 218 g/mol. The molecule has 4 heteroatoms. The zero-order valence-electron chi connectivity index (χ0n) is 9.33. The average molecular weight is 218 g/mol. The van der Waals surface area contributed by atoms with Crippen LogP contribution in [-0.2, 0) is 4.74 Å². The first kappa shape index (κ1) is 11.9. The summed E-state index contributed by atoms with van der Waals surface area (Å²) in [5.41, 5.74) is 8.27. The summed E-state index contributed by atoms with van der Waals surface area (Å²) in [5, 5.41) is 2.97. The molecule has 4 nitrogen and oxygen atoms in total. The second-order valence-electron chi connectivity index (χ2n) is 3.25. The van der Waals surface area contributed by atoms with Gasteiger partial charge in [0.25, 0.3) is 0 Å². The molecule has 0 saturated carbocycles. The molecule has 1 aromatic rings. The number of nitrogen functional groups attached to an aromatic ring is 1. The number of methoxy groups -OCH3 is 1. The highest BCUT2D eigenvalue weighted by atomic mass is 16.5. The van der Waals surface area contributed by atoms with Crippen LogP contribution in [-0.4, -0.2) is 19.6 Å². The molecule has 1 rings (SSSR count). The number of nitrogens with two attached hydrogens (primary N) is 1. The maximum absolute atomic E-state index is 11.4. The second kappa shape index (κ2) is 5.08. The molecule has 16 heavy (non-hydrogen) atoms. The largest absolute Gasteiger partial charge is 0.465 e. The summed E-state index contributed by atoms with van der Waals surface area (Å²) < 4.78 is 4.65. The van der Waals surface area contributed by atoms with Gasteiger partial charge in [-0.2, -0.15) is 0 Å². The Hall–Kier alpha value is -2.15. The van der Waals surface area contributed by atoms with Gasteiger partial charge in [0.05, 0.1) is 30.6 Å². The molecule has 0 amide bonds. The van der Waals surface area contributed by atoms with Crippen LogP contribution in [0.4, 0.5) is 11.4 Å². The van der Waals surface area contributed by atoms with Crippen LogP contribution in [0.2, 0.25) is 0 Å². The smallest absolute Gasteiger partial charge is 0.338 e. The van der Waals surface area contributed by atoms with Crippen molar-refractivity contribution in [3.63, 3.8) is 0 Å². The molecule has 0 aliphatic rings. The van der Waals surface area contributed by atoms with E-state index in [2.05, 4.69) is 16.0 Å². The lowest BCUT2D eigenvalue weighted by atomic mass is 10.1. The number of esters is 1. The summed E-state index contributed by atoms with van der Waals surface area (Å²) in [6.45, 7) is 2.16. The number of carbonyl (C=O) groups excluding carboxylic acids is 1. The summed E-state index contributed by atoms with van der Waals surface area (Å²) in [6.07, 6.45) is 5.14. The van der Waals surface area contributed by atoms with Crippen LogP contribution in [0.1, 0.15) is 15.9 Å². The molecule has 84 valence electrons. The van der Waals surface area contributed by atoms with Gasteiger partial charge in [0, 0.05) is 0 Å². The van der Waals surface area contributed by atoms with Gasteiger partial charge in [-0.15, -0.1) is 6.42 Å². The molecule has 0 fully saturated rings. The van der Waals surface area contributed by atoms with Crippen LogP contribution in [0.25, 0.3) is 0 Å². The molecule has 0 bridgehead atoms. The van der Waals surface area contributed by atoms with Crippen LogP contribution in [0.5, 0.6) is 0 Å². The molecule has 0 unspecified atom stereocenters. The van der Waals surface area contributed by atoms with Gasteiger partial charge in [0.15, 0.2) is 0 Å². The number of anilines is 2. The van der Waals surface area contributed by atoms with Crippen molar-refractivity contribution >= 4 is 17.3 Å². The molecule has 0 heterocycles. The van der Waals surface area contributed by atoms with E-state index in [9.17, 15) is 4.79 Å². The Labute approximate surface area is 94.8 Å². The van der Waals surface area contributed by atoms with Crippen molar-refractivity contribution in [2.45, 2.75) is 6.92 Å². The van der Waals surface area contributed by atoms with Crippen molar-refractivity contribution in [3.8, 4) is 12.3 Å². The van der Waals surface area contributed by atoms with E-state index in [1.807, 2.05) is 0 Å². The molecule has 0 atom stereocenters. The molecule has 0 spiro atoms. The van der Waals surface area contributed by atoms with Gasteiger partial charge in [-0.25, -0.2) is 4.79 Å². The first-order chi connectivity index (χ1) is 7.61. The lowest BCUT2D eigenvalue weighted by Gasteiger charge is -2.12. The van der Waals surface area contributed by atoms with Gasteiger partial charge >= 0.3 is 5.97 Å². The lowest BCUT2D eigenvalue weighted by Crippen LogP contribution is -2.09. The Morgan fingerprint density at radius 1 is 1.62 bits per heavy atom. The Bertz CT molecular complexity index is 447. The Balaban J connectivity index is 3.09. The van der Waals surface area contributed by atoms with Gasteiger partial charge in [0.2, 0.25) is 0 Å². The summed E-state index contributed by atoms with van der Waals surface area (Å²) >= 11 is 0. The first-order valence-electron chi connectivity index (χ1n) is 4.76. The molecular weight excluding hydrogens is 204 g/mol. The van der Waals surface area contributed by atoms with Gasteiger partial charge in [-0.05, 0) is 24.6 Å². The Morgan fingerprint density at radius 2 is 2.31 bits per heavy atom. The van der Waals surface area contributed by atoms with E-state index in [1.165, 1.54) is 7.11 Å². The number of benzene rings is 1. The molecule has 0 aliphatic carbocycles. The van der Waals surface area contributed by atoms with Crippen molar-refractivity contribution in [1.82, 2.24) is 0 Å². The topological polar surface area (TPSA) is 64.3 Å². The number of hydrogen-bond acceptors (Lipinski definition) is 4. The normalized spacial score (nSPS) is 9.31. The number of ether oxygens (including phenoxy) is 1. The lowest BCUT2D eigenvalue weighted by molar-refractivity contribution is 0.0600. The molecule has 1 aromatic carbocycles. The molecule has 3 N–H and O–H groups in total. The van der Waals surface area contributed by atoms with E-state index in [1.54, 1.807) is 19.1 Å². The highest BCUT2D eigenvalue weighted by Crippen LogP contribution is 2.25. The maximum Gasteiger partial charge on any atom is 0.338 e. The van der Waals surface area contributed by atoms with Gasteiger partial charge in [0.1, 0.15) is 0 Å². The summed E-state index contributed by atoms with van der Waals surface area (Å²) in [5.74, 6) is 2.06. The summed E-state index contributed by atoms with van der Waals surface area (Å²) in [4.78, 5) is 11.4. The van der Waals surface area contributed by atoms with E-state index in [4.69, 9.17) is 12.2 Å². The third-order valence-corrected chi connectivity index (χ3v) is 2.30. The highest BCUT2D eigenvalue weighted by molar-refractivity contribution is 5.94. The quantitative estimate of drug-likeness (QED) is 0.457. The van der Waals surface area contributed by atoms with Gasteiger partial charge in [-0.1, -0.05) is 5.92 Å². The predicted octanol–water partition coefficient (Wildman–Crippen LogP) is 1.41. The van der Waals surface area contributed by atoms with Crippen molar-refractivity contribution in [2.24, 2.45) is 0 Å². The van der Waals surface area contributed by atoms with E-state index in [0.717, 1.165) is 5.69 Å². The number of nitrogens with one attached hydrogen (secondary N) is 1. The number of rotatable bonds is 3. The minimum Gasteiger partial charge on any atom is -0.465 e. The van der Waals surface area contributed by atoms with Crippen molar-refractivity contribution < 1.29 is 9.53 Å². The molecule has 0 radical (unpaired) electrons. The number of carbonyl (C=O) groups is 1. The Kier molecular flexibility index (Phi) is 3.78. The number of terminal acetylenes is 1. The molecule has 0 saturated heterocycles. The number of hydrogen-bond donors (Lipinski definition) is 2. The fraction of sp³-hybridized carbons (Fsp3) is 0.250. The van der Waals surface area contributed by atoms with Crippen molar-refractivity contribution in [2.75, 3.05) is 24.7 Å². The highest BCUT2D eigenvalue weighted by Gasteiger charge is 2.13. The van der Waals surface area contributed by atoms with E-state index in [0.29, 0.717) is 23.4 Å². The standard InChI is InChI=1S/C12H14N2O2/c1-4-7-14-10-6-5-9(12(15)16-3)8(2)11(10)13/h1,5-6,14H,7,13H2,2-3H3. The van der Waals surface area contributed by atoms with Crippen molar-refractivity contribution in [1.29, 1.82) is 0 Å². The minimum atomic E-state index is -0.396. The zero-order chi connectivity index (χ0) is 12.1. The molecule has 0 aromatic heterocycles. The minimum absolute atomic E-state index is 0.390. The van der Waals surface area contributed by atoms with Crippen LogP contribution >= 0.6 is 0 Å². The van der Waals surface area contributed by atoms with Gasteiger partial charge in [-0.3, -0.25) is 0 Å². The van der Waals surface area contributed by atoms with E-state index >= 15 is 0 Å². The third-order valence-electron chi connectivity index (χ3n) is 2.30. The van der Waals surface area contributed by atoms with Crippen LogP contribution in [0, 0.1) is 19.3 Å². The maximum atomic E-state index is 11.4. The predicted molar refractivity (Wildman–Crippen MR) is 64.3 cm³/mol. The average Bonchev–Trinajstić information content (AvgIpc) is 2.30. The molecular formula is C12H14N2O2. The summed E-state index contributed by atoms with van der Waals surface area (Å²) in [6, 6.07) is 3.38. The molecule has 0 aliphatic heterocycles. The summed E-state index contributed by atoms with van der Waals surface area (Å²) in [7, 11) is 1.34. The first-order valence-corrected chi connectivity index (χ1v) is 4.76. The van der Waals surface area contributed by atoms with Gasteiger partial charge < -0.3 is 15.8 Å². The van der Waals surface area contributed by atoms with E-state index in [-0.39, 0.29) is 0 Å².